The summed E-state index contributed by atoms with van der Waals surface area (Å²) >= 11 is 0. The molecule has 0 atom stereocenters. The van der Waals surface area contributed by atoms with Crippen LogP contribution in [0.5, 0.6) is 0 Å². The third-order valence-electron chi connectivity index (χ3n) is 3.97. The highest BCUT2D eigenvalue weighted by molar-refractivity contribution is 6.03. The van der Waals surface area contributed by atoms with Gasteiger partial charge in [0, 0.05) is 5.56 Å². The van der Waals surface area contributed by atoms with Gasteiger partial charge in [0.2, 0.25) is 0 Å². The second kappa shape index (κ2) is 4.20. The van der Waals surface area contributed by atoms with Gasteiger partial charge in [-0.15, -0.1) is 0 Å². The summed E-state index contributed by atoms with van der Waals surface area (Å²) in [6.45, 7) is 8.46. The zero-order chi connectivity index (χ0) is 13.6. The molecule has 0 amide bonds. The molecule has 0 heterocycles. The van der Waals surface area contributed by atoms with E-state index in [-0.39, 0.29) is 17.8 Å². The fourth-order valence-corrected chi connectivity index (χ4v) is 2.28. The quantitative estimate of drug-likeness (QED) is 0.831. The smallest absolute Gasteiger partial charge is 0.171 e. The van der Waals surface area contributed by atoms with Crippen molar-refractivity contribution in [2.75, 3.05) is 6.61 Å². The Morgan fingerprint density at radius 3 is 2.33 bits per heavy atom. The minimum absolute atomic E-state index is 0.0215. The molecular weight excluding hydrogens is 224 g/mol. The molecule has 0 aliphatic heterocycles. The molecule has 1 aromatic rings. The first kappa shape index (κ1) is 13.3. The Morgan fingerprint density at radius 1 is 1.33 bits per heavy atom. The summed E-state index contributed by atoms with van der Waals surface area (Å²) in [6.07, 6.45) is 1.64. The van der Waals surface area contributed by atoms with Crippen molar-refractivity contribution in [1.82, 2.24) is 0 Å². The van der Waals surface area contributed by atoms with E-state index in [0.717, 1.165) is 24.0 Å². The molecule has 1 aliphatic carbocycles. The number of hydrogen-bond donors (Lipinski definition) is 1. The van der Waals surface area contributed by atoms with Crippen LogP contribution in [0.4, 0.5) is 0 Å². The lowest BCUT2D eigenvalue weighted by atomic mass is 9.83. The largest absolute Gasteiger partial charge is 0.395 e. The zero-order valence-electron chi connectivity index (χ0n) is 11.7. The van der Waals surface area contributed by atoms with Gasteiger partial charge in [0.15, 0.2) is 5.78 Å². The van der Waals surface area contributed by atoms with Gasteiger partial charge in [-0.1, -0.05) is 39.0 Å². The molecule has 0 aromatic heterocycles. The van der Waals surface area contributed by atoms with Gasteiger partial charge >= 0.3 is 0 Å². The SMILES string of the molecule is Cc1cc(C(C)(C)C)ccc1C(=O)C1(CO)CC1. The number of aryl methyl sites for hydroxylation is 1. The van der Waals surface area contributed by atoms with Gasteiger partial charge in [-0.05, 0) is 36.3 Å². The van der Waals surface area contributed by atoms with Crippen molar-refractivity contribution in [2.45, 2.75) is 46.0 Å². The third-order valence-corrected chi connectivity index (χ3v) is 3.97. The van der Waals surface area contributed by atoms with Gasteiger partial charge in [-0.3, -0.25) is 4.79 Å². The number of carbonyl (C=O) groups is 1. The van der Waals surface area contributed by atoms with E-state index in [1.807, 2.05) is 19.1 Å². The molecule has 0 bridgehead atoms. The number of carbonyl (C=O) groups excluding carboxylic acids is 1. The molecule has 1 aliphatic rings. The summed E-state index contributed by atoms with van der Waals surface area (Å²) < 4.78 is 0. The second-order valence-electron chi connectivity index (χ2n) is 6.55. The summed E-state index contributed by atoms with van der Waals surface area (Å²) in [5.41, 5.74) is 2.67. The number of hydrogen-bond acceptors (Lipinski definition) is 2. The Kier molecular flexibility index (Phi) is 3.10. The molecule has 2 nitrogen and oxygen atoms in total. The predicted molar refractivity (Wildman–Crippen MR) is 73.0 cm³/mol. The molecule has 18 heavy (non-hydrogen) atoms. The number of Topliss-reactive ketones (excluding diaryl/α,β-unsaturated/α-hetero) is 1. The van der Waals surface area contributed by atoms with Gasteiger partial charge in [0.05, 0.1) is 12.0 Å². The maximum Gasteiger partial charge on any atom is 0.171 e. The van der Waals surface area contributed by atoms with Crippen LogP contribution in [0.1, 0.15) is 55.1 Å². The van der Waals surface area contributed by atoms with Crippen LogP contribution in [-0.2, 0) is 5.41 Å². The first-order chi connectivity index (χ1) is 8.30. The van der Waals surface area contributed by atoms with Crippen LogP contribution in [-0.4, -0.2) is 17.5 Å². The number of ketones is 1. The van der Waals surface area contributed by atoms with Gasteiger partial charge in [-0.2, -0.15) is 0 Å². The van der Waals surface area contributed by atoms with Gasteiger partial charge < -0.3 is 5.11 Å². The van der Waals surface area contributed by atoms with Gasteiger partial charge in [-0.25, -0.2) is 0 Å². The lowest BCUT2D eigenvalue weighted by Crippen LogP contribution is -2.21. The second-order valence-corrected chi connectivity index (χ2v) is 6.55. The van der Waals surface area contributed by atoms with Crippen LogP contribution in [0.25, 0.3) is 0 Å². The fourth-order valence-electron chi connectivity index (χ4n) is 2.28. The minimum Gasteiger partial charge on any atom is -0.395 e. The van der Waals surface area contributed by atoms with Crippen LogP contribution in [0.3, 0.4) is 0 Å². The molecule has 1 aromatic carbocycles. The zero-order valence-corrected chi connectivity index (χ0v) is 11.7. The van der Waals surface area contributed by atoms with Gasteiger partial charge in [0.1, 0.15) is 0 Å². The minimum atomic E-state index is -0.464. The highest BCUT2D eigenvalue weighted by atomic mass is 16.3. The normalized spacial score (nSPS) is 17.6. The van der Waals surface area contributed by atoms with E-state index in [1.165, 1.54) is 5.56 Å². The molecule has 1 fully saturated rings. The van der Waals surface area contributed by atoms with Crippen molar-refractivity contribution in [1.29, 1.82) is 0 Å². The molecule has 1 N–H and O–H groups in total. The van der Waals surface area contributed by atoms with Crippen LogP contribution in [0, 0.1) is 12.3 Å². The van der Waals surface area contributed by atoms with Crippen molar-refractivity contribution in [3.05, 3.63) is 34.9 Å². The number of aliphatic hydroxyl groups is 1. The predicted octanol–water partition coefficient (Wildman–Crippen LogP) is 3.25. The average molecular weight is 246 g/mol. The van der Waals surface area contributed by atoms with Crippen LogP contribution >= 0.6 is 0 Å². The van der Waals surface area contributed by atoms with Crippen molar-refractivity contribution in [3.8, 4) is 0 Å². The van der Waals surface area contributed by atoms with Crippen LogP contribution < -0.4 is 0 Å². The highest BCUT2D eigenvalue weighted by Gasteiger charge is 2.49. The van der Waals surface area contributed by atoms with Crippen molar-refractivity contribution in [3.63, 3.8) is 0 Å². The molecule has 0 unspecified atom stereocenters. The third kappa shape index (κ3) is 2.22. The Labute approximate surface area is 109 Å². The molecule has 0 saturated heterocycles. The van der Waals surface area contributed by atoms with Crippen LogP contribution in [0.2, 0.25) is 0 Å². The van der Waals surface area contributed by atoms with Crippen molar-refractivity contribution in [2.24, 2.45) is 5.41 Å². The maximum atomic E-state index is 12.4. The summed E-state index contributed by atoms with van der Waals surface area (Å²) in [7, 11) is 0. The number of benzene rings is 1. The fraction of sp³-hybridized carbons (Fsp3) is 0.562. The standard InChI is InChI=1S/C16H22O2/c1-11-9-12(15(2,3)4)5-6-13(11)14(18)16(10-17)7-8-16/h5-6,9,17H,7-8,10H2,1-4H3. The summed E-state index contributed by atoms with van der Waals surface area (Å²) in [5, 5.41) is 9.34. The Balaban J connectivity index is 2.34. The Morgan fingerprint density at radius 2 is 1.94 bits per heavy atom. The van der Waals surface area contributed by atoms with E-state index < -0.39 is 5.41 Å². The van der Waals surface area contributed by atoms with E-state index in [1.54, 1.807) is 0 Å². The summed E-state index contributed by atoms with van der Waals surface area (Å²) in [4.78, 5) is 12.4. The van der Waals surface area contributed by atoms with E-state index >= 15 is 0 Å². The van der Waals surface area contributed by atoms with E-state index in [2.05, 4.69) is 26.8 Å². The lowest BCUT2D eigenvalue weighted by molar-refractivity contribution is 0.0829. The molecule has 1 saturated carbocycles. The molecule has 0 spiro atoms. The van der Waals surface area contributed by atoms with Crippen molar-refractivity contribution < 1.29 is 9.90 Å². The monoisotopic (exact) mass is 246 g/mol. The number of rotatable bonds is 3. The summed E-state index contributed by atoms with van der Waals surface area (Å²) in [5.74, 6) is 0.114. The highest BCUT2D eigenvalue weighted by Crippen LogP contribution is 2.48. The van der Waals surface area contributed by atoms with Crippen molar-refractivity contribution >= 4 is 5.78 Å². The molecule has 2 rings (SSSR count). The van der Waals surface area contributed by atoms with E-state index in [4.69, 9.17) is 0 Å². The molecular formula is C16H22O2. The average Bonchev–Trinajstić information content (AvgIpc) is 3.07. The topological polar surface area (TPSA) is 37.3 Å². The van der Waals surface area contributed by atoms with E-state index in [9.17, 15) is 9.90 Å². The van der Waals surface area contributed by atoms with E-state index in [0.29, 0.717) is 0 Å². The summed E-state index contributed by atoms with van der Waals surface area (Å²) in [6, 6.07) is 6.06. The molecule has 98 valence electrons. The first-order valence-corrected chi connectivity index (χ1v) is 6.57. The Hall–Kier alpha value is -1.15. The first-order valence-electron chi connectivity index (χ1n) is 6.57. The Bertz CT molecular complexity index is 476. The van der Waals surface area contributed by atoms with Gasteiger partial charge in [0.25, 0.3) is 0 Å². The maximum absolute atomic E-state index is 12.4. The molecule has 0 radical (unpaired) electrons. The molecule has 2 heteroatoms. The lowest BCUT2D eigenvalue weighted by Gasteiger charge is -2.21. The van der Waals surface area contributed by atoms with Crippen LogP contribution in [0.15, 0.2) is 18.2 Å². The number of aliphatic hydroxyl groups excluding tert-OH is 1.